The lowest BCUT2D eigenvalue weighted by Crippen LogP contribution is -2.25. The predicted octanol–water partition coefficient (Wildman–Crippen LogP) is 0.524. The summed E-state index contributed by atoms with van der Waals surface area (Å²) in [5, 5.41) is 8.61. The van der Waals surface area contributed by atoms with Gasteiger partial charge in [0.2, 0.25) is 10.0 Å². The third-order valence-corrected chi connectivity index (χ3v) is 3.90. The van der Waals surface area contributed by atoms with Gasteiger partial charge in [0.05, 0.1) is 17.6 Å². The fraction of sp³-hybridized carbons (Fsp3) is 0.417. The Morgan fingerprint density at radius 1 is 1.37 bits per heavy atom. The Bertz CT molecular complexity index is 527. The Kier molecular flexibility index (Phi) is 5.94. The van der Waals surface area contributed by atoms with E-state index in [1.165, 1.54) is 31.4 Å². The number of sulfonamides is 1. The number of rotatable bonds is 7. The Morgan fingerprint density at radius 2 is 2.11 bits per heavy atom. The first-order valence-electron chi connectivity index (χ1n) is 5.80. The van der Waals surface area contributed by atoms with Gasteiger partial charge in [-0.2, -0.15) is 0 Å². The summed E-state index contributed by atoms with van der Waals surface area (Å²) in [4.78, 5) is 11.3. The van der Waals surface area contributed by atoms with Crippen LogP contribution in [-0.4, -0.2) is 39.8 Å². The van der Waals surface area contributed by atoms with Gasteiger partial charge < -0.3 is 9.84 Å². The first-order chi connectivity index (χ1) is 9.01. The number of benzene rings is 1. The molecule has 0 saturated carbocycles. The highest BCUT2D eigenvalue weighted by Crippen LogP contribution is 2.12. The van der Waals surface area contributed by atoms with Gasteiger partial charge in [-0.05, 0) is 31.0 Å². The normalized spacial score (nSPS) is 11.3. The number of esters is 1. The number of carbonyl (C=O) groups is 1. The minimum absolute atomic E-state index is 0.0133. The Balaban J connectivity index is 2.80. The van der Waals surface area contributed by atoms with Gasteiger partial charge in [0, 0.05) is 13.2 Å². The number of aliphatic hydroxyl groups is 1. The van der Waals surface area contributed by atoms with Gasteiger partial charge in [-0.1, -0.05) is 6.07 Å². The molecule has 0 spiro atoms. The van der Waals surface area contributed by atoms with Gasteiger partial charge in [0.25, 0.3) is 0 Å². The van der Waals surface area contributed by atoms with E-state index in [9.17, 15) is 13.2 Å². The molecule has 0 saturated heterocycles. The summed E-state index contributed by atoms with van der Waals surface area (Å²) in [6.45, 7) is 0.269. The fourth-order valence-electron chi connectivity index (χ4n) is 1.43. The number of nitrogens with one attached hydrogen (secondary N) is 1. The Labute approximate surface area is 112 Å². The zero-order valence-electron chi connectivity index (χ0n) is 10.6. The molecule has 0 atom stereocenters. The minimum atomic E-state index is -3.64. The van der Waals surface area contributed by atoms with E-state index in [0.29, 0.717) is 12.8 Å². The molecule has 0 amide bonds. The zero-order chi connectivity index (χ0) is 14.3. The van der Waals surface area contributed by atoms with Crippen LogP contribution in [0.3, 0.4) is 0 Å². The van der Waals surface area contributed by atoms with Crippen molar-refractivity contribution in [1.82, 2.24) is 4.72 Å². The van der Waals surface area contributed by atoms with Crippen LogP contribution >= 0.6 is 0 Å². The SMILES string of the molecule is COC(=O)c1cccc(S(=O)(=O)NCCCCO)c1. The summed E-state index contributed by atoms with van der Waals surface area (Å²) in [6, 6.07) is 5.63. The lowest BCUT2D eigenvalue weighted by Gasteiger charge is -2.07. The molecule has 1 aromatic rings. The highest BCUT2D eigenvalue weighted by Gasteiger charge is 2.15. The van der Waals surface area contributed by atoms with E-state index in [1.807, 2.05) is 0 Å². The molecule has 0 aliphatic heterocycles. The van der Waals surface area contributed by atoms with Gasteiger partial charge in [-0.3, -0.25) is 0 Å². The maximum atomic E-state index is 11.9. The van der Waals surface area contributed by atoms with E-state index in [4.69, 9.17) is 5.11 Å². The standard InChI is InChI=1S/C12H17NO5S/c1-18-12(15)10-5-4-6-11(9-10)19(16,17)13-7-2-3-8-14/h4-6,9,13-14H,2-3,7-8H2,1H3. The summed E-state index contributed by atoms with van der Waals surface area (Å²) in [7, 11) is -2.41. The number of methoxy groups -OCH3 is 1. The van der Waals surface area contributed by atoms with Crippen LogP contribution in [0.15, 0.2) is 29.2 Å². The molecule has 7 heteroatoms. The minimum Gasteiger partial charge on any atom is -0.465 e. The van der Waals surface area contributed by atoms with E-state index < -0.39 is 16.0 Å². The van der Waals surface area contributed by atoms with E-state index in [1.54, 1.807) is 0 Å². The van der Waals surface area contributed by atoms with Crippen LogP contribution in [0.25, 0.3) is 0 Å². The van der Waals surface area contributed by atoms with Crippen molar-refractivity contribution in [1.29, 1.82) is 0 Å². The summed E-state index contributed by atoms with van der Waals surface area (Å²) in [6.07, 6.45) is 1.08. The summed E-state index contributed by atoms with van der Waals surface area (Å²) in [5.74, 6) is -0.586. The highest BCUT2D eigenvalue weighted by molar-refractivity contribution is 7.89. The smallest absolute Gasteiger partial charge is 0.337 e. The van der Waals surface area contributed by atoms with Crippen LogP contribution in [0.4, 0.5) is 0 Å². The molecule has 6 nitrogen and oxygen atoms in total. The largest absolute Gasteiger partial charge is 0.465 e. The zero-order valence-corrected chi connectivity index (χ0v) is 11.4. The van der Waals surface area contributed by atoms with E-state index in [-0.39, 0.29) is 23.6 Å². The molecular formula is C12H17NO5S. The predicted molar refractivity (Wildman–Crippen MR) is 69.3 cm³/mol. The van der Waals surface area contributed by atoms with Crippen LogP contribution in [0.2, 0.25) is 0 Å². The monoisotopic (exact) mass is 287 g/mol. The molecule has 0 aliphatic rings. The molecule has 0 fully saturated rings. The van der Waals surface area contributed by atoms with E-state index >= 15 is 0 Å². The van der Waals surface area contributed by atoms with Crippen LogP contribution in [0.5, 0.6) is 0 Å². The summed E-state index contributed by atoms with van der Waals surface area (Å²) >= 11 is 0. The van der Waals surface area contributed by atoms with Crippen LogP contribution < -0.4 is 4.72 Å². The number of hydrogen-bond acceptors (Lipinski definition) is 5. The second-order valence-corrected chi connectivity index (χ2v) is 5.61. The van der Waals surface area contributed by atoms with Crippen molar-refractivity contribution in [2.45, 2.75) is 17.7 Å². The lowest BCUT2D eigenvalue weighted by molar-refractivity contribution is 0.0600. The molecule has 0 bridgehead atoms. The molecule has 2 N–H and O–H groups in total. The van der Waals surface area contributed by atoms with Crippen LogP contribution in [0, 0.1) is 0 Å². The topological polar surface area (TPSA) is 92.7 Å². The summed E-state index contributed by atoms with van der Waals surface area (Å²) in [5.41, 5.74) is 0.181. The molecule has 0 aromatic heterocycles. The molecule has 1 aromatic carbocycles. The fourth-order valence-corrected chi connectivity index (χ4v) is 2.55. The van der Waals surface area contributed by atoms with Crippen molar-refractivity contribution in [3.05, 3.63) is 29.8 Å². The van der Waals surface area contributed by atoms with Crippen molar-refractivity contribution in [3.63, 3.8) is 0 Å². The maximum Gasteiger partial charge on any atom is 0.337 e. The Hall–Kier alpha value is -1.44. The molecule has 0 aliphatic carbocycles. The number of ether oxygens (including phenoxy) is 1. The van der Waals surface area contributed by atoms with Gasteiger partial charge in [-0.15, -0.1) is 0 Å². The van der Waals surface area contributed by atoms with Crippen molar-refractivity contribution < 1.29 is 23.1 Å². The highest BCUT2D eigenvalue weighted by atomic mass is 32.2. The van der Waals surface area contributed by atoms with Gasteiger partial charge in [0.1, 0.15) is 0 Å². The van der Waals surface area contributed by atoms with Crippen LogP contribution in [-0.2, 0) is 14.8 Å². The van der Waals surface area contributed by atoms with Crippen molar-refractivity contribution >= 4 is 16.0 Å². The van der Waals surface area contributed by atoms with Crippen molar-refractivity contribution in [2.24, 2.45) is 0 Å². The number of hydrogen-bond donors (Lipinski definition) is 2. The second-order valence-electron chi connectivity index (χ2n) is 3.85. The van der Waals surface area contributed by atoms with E-state index in [2.05, 4.69) is 9.46 Å². The molecular weight excluding hydrogens is 270 g/mol. The quantitative estimate of drug-likeness (QED) is 0.563. The molecule has 1 rings (SSSR count). The molecule has 0 heterocycles. The molecule has 19 heavy (non-hydrogen) atoms. The van der Waals surface area contributed by atoms with Gasteiger partial charge >= 0.3 is 5.97 Å². The summed E-state index contributed by atoms with van der Waals surface area (Å²) < 4.78 is 30.8. The second kappa shape index (κ2) is 7.22. The van der Waals surface area contributed by atoms with Crippen molar-refractivity contribution in [2.75, 3.05) is 20.3 Å². The third-order valence-electron chi connectivity index (χ3n) is 2.44. The molecule has 106 valence electrons. The number of carbonyl (C=O) groups excluding carboxylic acids is 1. The lowest BCUT2D eigenvalue weighted by atomic mass is 10.2. The maximum absolute atomic E-state index is 11.9. The third kappa shape index (κ3) is 4.62. The molecule has 0 unspecified atom stereocenters. The average molecular weight is 287 g/mol. The first kappa shape index (κ1) is 15.6. The average Bonchev–Trinajstić information content (AvgIpc) is 2.43. The number of aliphatic hydroxyl groups excluding tert-OH is 1. The van der Waals surface area contributed by atoms with Gasteiger partial charge in [-0.25, -0.2) is 17.9 Å². The van der Waals surface area contributed by atoms with Crippen LogP contribution in [0.1, 0.15) is 23.2 Å². The van der Waals surface area contributed by atoms with Crippen molar-refractivity contribution in [3.8, 4) is 0 Å². The Morgan fingerprint density at radius 3 is 2.74 bits per heavy atom. The molecule has 0 radical (unpaired) electrons. The van der Waals surface area contributed by atoms with E-state index in [0.717, 1.165) is 0 Å². The van der Waals surface area contributed by atoms with Gasteiger partial charge in [0.15, 0.2) is 0 Å². The number of unbranched alkanes of at least 4 members (excludes halogenated alkanes) is 1. The first-order valence-corrected chi connectivity index (χ1v) is 7.28.